The molecule has 0 atom stereocenters. The summed E-state index contributed by atoms with van der Waals surface area (Å²) in [7, 11) is 0. The molecule has 2 heteroatoms. The molecule has 0 bridgehead atoms. The van der Waals surface area contributed by atoms with E-state index >= 15 is 0 Å². The zero-order valence-electron chi connectivity index (χ0n) is 9.73. The van der Waals surface area contributed by atoms with Crippen LogP contribution in [0.25, 0.3) is 0 Å². The molecule has 1 N–H and O–H groups in total. The van der Waals surface area contributed by atoms with Gasteiger partial charge in [-0.15, -0.1) is 6.58 Å². The third-order valence-electron chi connectivity index (χ3n) is 2.21. The van der Waals surface area contributed by atoms with Gasteiger partial charge in [-0.3, -0.25) is 4.79 Å². The van der Waals surface area contributed by atoms with Gasteiger partial charge in [-0.25, -0.2) is 0 Å². The molecule has 0 aromatic heterocycles. The molecule has 0 aromatic carbocycles. The Hall–Kier alpha value is -0.790. The fourth-order valence-electron chi connectivity index (χ4n) is 1.44. The molecule has 0 unspecified atom stereocenters. The highest BCUT2D eigenvalue weighted by Gasteiger charge is 2.18. The van der Waals surface area contributed by atoms with Crippen molar-refractivity contribution >= 4 is 5.91 Å². The predicted octanol–water partition coefficient (Wildman–Crippen LogP) is 3.04. The molecule has 0 spiro atoms. The Morgan fingerprint density at radius 2 is 2.07 bits per heavy atom. The lowest BCUT2D eigenvalue weighted by atomic mass is 9.96. The van der Waals surface area contributed by atoms with Gasteiger partial charge < -0.3 is 5.32 Å². The van der Waals surface area contributed by atoms with Crippen LogP contribution in [0.15, 0.2) is 12.7 Å². The van der Waals surface area contributed by atoms with E-state index in [-0.39, 0.29) is 11.4 Å². The van der Waals surface area contributed by atoms with Gasteiger partial charge in [0.05, 0.1) is 0 Å². The Balaban J connectivity index is 3.80. The quantitative estimate of drug-likeness (QED) is 0.493. The maximum atomic E-state index is 11.3. The van der Waals surface area contributed by atoms with Crippen molar-refractivity contribution in [3.05, 3.63) is 12.7 Å². The van der Waals surface area contributed by atoms with Crippen molar-refractivity contribution in [1.82, 2.24) is 5.32 Å². The number of nitrogens with one attached hydrogen (secondary N) is 1. The summed E-state index contributed by atoms with van der Waals surface area (Å²) in [5.41, 5.74) is -0.0741. The molecular weight excluding hydrogens is 174 g/mol. The Kier molecular flexibility index (Phi) is 6.26. The van der Waals surface area contributed by atoms with Crippen LogP contribution in [0.5, 0.6) is 0 Å². The highest BCUT2D eigenvalue weighted by Crippen LogP contribution is 2.13. The number of carbonyl (C=O) groups excluding carboxylic acids is 1. The van der Waals surface area contributed by atoms with Crippen molar-refractivity contribution < 1.29 is 4.79 Å². The molecule has 0 saturated carbocycles. The van der Waals surface area contributed by atoms with Gasteiger partial charge in [0.15, 0.2) is 0 Å². The minimum Gasteiger partial charge on any atom is -0.351 e. The van der Waals surface area contributed by atoms with Crippen molar-refractivity contribution in [3.63, 3.8) is 0 Å². The number of hydrogen-bond acceptors (Lipinski definition) is 1. The minimum absolute atomic E-state index is 0.0708. The monoisotopic (exact) mass is 197 g/mol. The van der Waals surface area contributed by atoms with E-state index in [0.29, 0.717) is 6.42 Å². The molecular formula is C12H23NO. The molecule has 0 aliphatic carbocycles. The Morgan fingerprint density at radius 3 is 2.57 bits per heavy atom. The van der Waals surface area contributed by atoms with Gasteiger partial charge in [0.25, 0.3) is 0 Å². The van der Waals surface area contributed by atoms with E-state index in [1.54, 1.807) is 6.08 Å². The number of unbranched alkanes of at least 4 members (excludes halogenated alkanes) is 2. The summed E-state index contributed by atoms with van der Waals surface area (Å²) in [6.07, 6.45) is 6.73. The number of hydrogen-bond donors (Lipinski definition) is 1. The topological polar surface area (TPSA) is 29.1 Å². The van der Waals surface area contributed by atoms with Crippen LogP contribution in [-0.2, 0) is 4.79 Å². The van der Waals surface area contributed by atoms with Crippen LogP contribution in [0, 0.1) is 0 Å². The van der Waals surface area contributed by atoms with Gasteiger partial charge in [-0.05, 0) is 20.3 Å². The van der Waals surface area contributed by atoms with Crippen LogP contribution in [0.2, 0.25) is 0 Å². The van der Waals surface area contributed by atoms with Gasteiger partial charge in [0.1, 0.15) is 0 Å². The second-order valence-corrected chi connectivity index (χ2v) is 4.38. The highest BCUT2D eigenvalue weighted by molar-refractivity contribution is 5.78. The SMILES string of the molecule is C=CCC(=O)NC(C)(C)CCCCC. The van der Waals surface area contributed by atoms with E-state index in [4.69, 9.17) is 0 Å². The van der Waals surface area contributed by atoms with Gasteiger partial charge in [-0.1, -0.05) is 32.3 Å². The third kappa shape index (κ3) is 6.70. The maximum absolute atomic E-state index is 11.3. The fraction of sp³-hybridized carbons (Fsp3) is 0.750. The third-order valence-corrected chi connectivity index (χ3v) is 2.21. The molecule has 14 heavy (non-hydrogen) atoms. The molecule has 0 aliphatic heterocycles. The summed E-state index contributed by atoms with van der Waals surface area (Å²) < 4.78 is 0. The van der Waals surface area contributed by atoms with Gasteiger partial charge in [0, 0.05) is 12.0 Å². The van der Waals surface area contributed by atoms with Gasteiger partial charge in [-0.2, -0.15) is 0 Å². The Morgan fingerprint density at radius 1 is 1.43 bits per heavy atom. The van der Waals surface area contributed by atoms with E-state index in [1.165, 1.54) is 19.3 Å². The van der Waals surface area contributed by atoms with Crippen molar-refractivity contribution in [2.45, 2.75) is 58.4 Å². The van der Waals surface area contributed by atoms with Crippen LogP contribution >= 0.6 is 0 Å². The zero-order valence-corrected chi connectivity index (χ0v) is 9.73. The van der Waals surface area contributed by atoms with Crippen LogP contribution in [0.4, 0.5) is 0 Å². The Labute approximate surface area is 87.8 Å². The van der Waals surface area contributed by atoms with Gasteiger partial charge in [0.2, 0.25) is 5.91 Å². The number of carbonyl (C=O) groups is 1. The molecule has 0 fully saturated rings. The molecule has 82 valence electrons. The fourth-order valence-corrected chi connectivity index (χ4v) is 1.44. The molecule has 1 amide bonds. The maximum Gasteiger partial charge on any atom is 0.224 e. The van der Waals surface area contributed by atoms with Crippen molar-refractivity contribution in [3.8, 4) is 0 Å². The summed E-state index contributed by atoms with van der Waals surface area (Å²) in [6.45, 7) is 9.88. The first-order valence-electron chi connectivity index (χ1n) is 5.43. The molecule has 0 saturated heterocycles. The summed E-state index contributed by atoms with van der Waals surface area (Å²) >= 11 is 0. The second-order valence-electron chi connectivity index (χ2n) is 4.38. The van der Waals surface area contributed by atoms with E-state index in [1.807, 2.05) is 0 Å². The van der Waals surface area contributed by atoms with Crippen molar-refractivity contribution in [1.29, 1.82) is 0 Å². The molecule has 0 rings (SSSR count). The largest absolute Gasteiger partial charge is 0.351 e. The first-order valence-corrected chi connectivity index (χ1v) is 5.43. The van der Waals surface area contributed by atoms with Crippen LogP contribution < -0.4 is 5.32 Å². The molecule has 0 heterocycles. The van der Waals surface area contributed by atoms with E-state index in [0.717, 1.165) is 6.42 Å². The molecule has 0 aliphatic rings. The molecule has 0 radical (unpaired) electrons. The first kappa shape index (κ1) is 13.2. The smallest absolute Gasteiger partial charge is 0.224 e. The average Bonchev–Trinajstić information content (AvgIpc) is 2.03. The normalized spacial score (nSPS) is 11.1. The highest BCUT2D eigenvalue weighted by atomic mass is 16.1. The Bertz CT molecular complexity index is 185. The molecule has 0 aromatic rings. The summed E-state index contributed by atoms with van der Waals surface area (Å²) in [6, 6.07) is 0. The standard InChI is InChI=1S/C12H23NO/c1-5-7-8-10-12(3,4)13-11(14)9-6-2/h6H,2,5,7-10H2,1,3-4H3,(H,13,14). The predicted molar refractivity (Wildman–Crippen MR) is 61.2 cm³/mol. The van der Waals surface area contributed by atoms with E-state index in [2.05, 4.69) is 32.7 Å². The summed E-state index contributed by atoms with van der Waals surface area (Å²) in [5.74, 6) is 0.0708. The number of rotatable bonds is 7. The van der Waals surface area contributed by atoms with Crippen molar-refractivity contribution in [2.24, 2.45) is 0 Å². The van der Waals surface area contributed by atoms with E-state index in [9.17, 15) is 4.79 Å². The summed E-state index contributed by atoms with van der Waals surface area (Å²) in [4.78, 5) is 11.3. The van der Waals surface area contributed by atoms with Crippen LogP contribution in [0.1, 0.15) is 52.9 Å². The van der Waals surface area contributed by atoms with Gasteiger partial charge >= 0.3 is 0 Å². The number of amides is 1. The van der Waals surface area contributed by atoms with Crippen LogP contribution in [0.3, 0.4) is 0 Å². The lowest BCUT2D eigenvalue weighted by Crippen LogP contribution is -2.43. The first-order chi connectivity index (χ1) is 6.52. The van der Waals surface area contributed by atoms with E-state index < -0.39 is 0 Å². The van der Waals surface area contributed by atoms with Crippen LogP contribution in [-0.4, -0.2) is 11.4 Å². The summed E-state index contributed by atoms with van der Waals surface area (Å²) in [5, 5.41) is 3.01. The lowest BCUT2D eigenvalue weighted by molar-refractivity contribution is -0.121. The minimum atomic E-state index is -0.0741. The lowest BCUT2D eigenvalue weighted by Gasteiger charge is -2.26. The average molecular weight is 197 g/mol. The second kappa shape index (κ2) is 6.63. The molecule has 2 nitrogen and oxygen atoms in total. The zero-order chi connectivity index (χ0) is 11.0. The van der Waals surface area contributed by atoms with Crippen molar-refractivity contribution in [2.75, 3.05) is 0 Å².